The summed E-state index contributed by atoms with van der Waals surface area (Å²) in [5.41, 5.74) is 8.12. The van der Waals surface area contributed by atoms with Crippen molar-refractivity contribution in [1.82, 2.24) is 4.98 Å². The van der Waals surface area contributed by atoms with Crippen molar-refractivity contribution in [3.05, 3.63) is 109 Å². The Balaban J connectivity index is 0.000000197. The van der Waals surface area contributed by atoms with Gasteiger partial charge in [0.1, 0.15) is 17.2 Å². The molecule has 226 valence electrons. The predicted octanol–water partition coefficient (Wildman–Crippen LogP) is 9.95. The molecule has 0 bridgehead atoms. The van der Waals surface area contributed by atoms with Crippen molar-refractivity contribution < 1.29 is 18.6 Å². The predicted molar refractivity (Wildman–Crippen MR) is 183 cm³/mol. The molecule has 1 heterocycles. The summed E-state index contributed by atoms with van der Waals surface area (Å²) < 4.78 is 21.7. The summed E-state index contributed by atoms with van der Waals surface area (Å²) >= 11 is 10.7. The van der Waals surface area contributed by atoms with Gasteiger partial charge in [0.05, 0.1) is 10.2 Å². The minimum Gasteiger partial charge on any atom is -0.508 e. The molecular formula is C33H35ClN2O4S3. The SMILES string of the molecule is CCCC(c1cc(C)c(O)cc1C)c1cc(C)c(O)cc1C.O=S(Nc1ccc(Cl)cc1)Oc1ccc2sc(=S)[nH]c2c1. The van der Waals surface area contributed by atoms with Crippen LogP contribution in [0, 0.1) is 31.6 Å². The van der Waals surface area contributed by atoms with E-state index < -0.39 is 11.3 Å². The zero-order chi connectivity index (χ0) is 31.3. The quantitative estimate of drug-likeness (QED) is 0.125. The molecule has 1 unspecified atom stereocenters. The van der Waals surface area contributed by atoms with Crippen LogP contribution in [0.1, 0.15) is 59.1 Å². The zero-order valence-corrected chi connectivity index (χ0v) is 27.9. The number of aromatic nitrogens is 1. The number of hydrogen-bond acceptors (Lipinski definition) is 6. The van der Waals surface area contributed by atoms with E-state index in [0.29, 0.717) is 37.8 Å². The maximum absolute atomic E-state index is 11.9. The monoisotopic (exact) mass is 654 g/mol. The van der Waals surface area contributed by atoms with Gasteiger partial charge >= 0.3 is 11.3 Å². The Labute approximate surface area is 269 Å². The number of halogens is 1. The highest BCUT2D eigenvalue weighted by Gasteiger charge is 2.20. The van der Waals surface area contributed by atoms with E-state index in [-0.39, 0.29) is 0 Å². The van der Waals surface area contributed by atoms with E-state index in [0.717, 1.165) is 45.3 Å². The number of nitrogens with one attached hydrogen (secondary N) is 2. The number of phenols is 2. The van der Waals surface area contributed by atoms with Gasteiger partial charge in [0.15, 0.2) is 3.95 Å². The van der Waals surface area contributed by atoms with Gasteiger partial charge in [0, 0.05) is 22.7 Å². The van der Waals surface area contributed by atoms with Crippen LogP contribution in [0.25, 0.3) is 10.2 Å². The number of aromatic hydroxyl groups is 2. The molecule has 1 atom stereocenters. The fraction of sp³-hybridized carbons (Fsp3) is 0.242. The maximum atomic E-state index is 11.9. The van der Waals surface area contributed by atoms with E-state index in [9.17, 15) is 14.4 Å². The molecule has 4 N–H and O–H groups in total. The van der Waals surface area contributed by atoms with Crippen LogP contribution < -0.4 is 8.91 Å². The van der Waals surface area contributed by atoms with Gasteiger partial charge in [-0.2, -0.15) is 4.21 Å². The van der Waals surface area contributed by atoms with Crippen LogP contribution in [0.2, 0.25) is 5.02 Å². The second kappa shape index (κ2) is 14.4. The van der Waals surface area contributed by atoms with E-state index in [1.807, 2.05) is 32.0 Å². The topological polar surface area (TPSA) is 94.6 Å². The zero-order valence-electron chi connectivity index (χ0n) is 24.7. The third-order valence-electron chi connectivity index (χ3n) is 7.11. The molecule has 0 aliphatic carbocycles. The van der Waals surface area contributed by atoms with E-state index in [1.165, 1.54) is 22.5 Å². The number of fused-ring (bicyclic) bond motifs is 1. The maximum Gasteiger partial charge on any atom is 0.316 e. The van der Waals surface area contributed by atoms with Crippen LogP contribution in [0.3, 0.4) is 0 Å². The number of H-pyrrole nitrogens is 1. The van der Waals surface area contributed by atoms with E-state index in [1.54, 1.807) is 36.4 Å². The van der Waals surface area contributed by atoms with Gasteiger partial charge in [-0.25, -0.2) is 0 Å². The molecule has 0 amide bonds. The highest BCUT2D eigenvalue weighted by Crippen LogP contribution is 2.37. The Kier molecular flexibility index (Phi) is 10.9. The summed E-state index contributed by atoms with van der Waals surface area (Å²) in [6.07, 6.45) is 2.14. The van der Waals surface area contributed by atoms with Gasteiger partial charge in [0.25, 0.3) is 0 Å². The molecule has 4 aromatic carbocycles. The largest absolute Gasteiger partial charge is 0.508 e. The van der Waals surface area contributed by atoms with Crippen molar-refractivity contribution in [1.29, 1.82) is 0 Å². The fourth-order valence-corrected chi connectivity index (χ4v) is 6.74. The Morgan fingerprint density at radius 2 is 1.49 bits per heavy atom. The summed E-state index contributed by atoms with van der Waals surface area (Å²) in [6, 6.07) is 20.2. The number of anilines is 1. The molecule has 6 nitrogen and oxygen atoms in total. The smallest absolute Gasteiger partial charge is 0.316 e. The first-order chi connectivity index (χ1) is 20.4. The molecule has 5 rings (SSSR count). The normalized spacial score (nSPS) is 11.7. The Bertz CT molecular complexity index is 1760. The van der Waals surface area contributed by atoms with Gasteiger partial charge in [-0.1, -0.05) is 37.1 Å². The average Bonchev–Trinajstić information content (AvgIpc) is 3.32. The number of thiazole rings is 1. The second-order valence-corrected chi connectivity index (χ2v) is 13.4. The Hall–Kier alpha value is -3.37. The number of aryl methyl sites for hydroxylation is 4. The van der Waals surface area contributed by atoms with Crippen molar-refractivity contribution in [3.63, 3.8) is 0 Å². The Morgan fingerprint density at radius 3 is 2.05 bits per heavy atom. The van der Waals surface area contributed by atoms with E-state index >= 15 is 0 Å². The summed E-state index contributed by atoms with van der Waals surface area (Å²) in [4.78, 5) is 3.05. The highest BCUT2D eigenvalue weighted by molar-refractivity contribution is 7.82. The van der Waals surface area contributed by atoms with Crippen molar-refractivity contribution in [2.45, 2.75) is 53.4 Å². The molecule has 0 spiro atoms. The molecule has 1 aromatic heterocycles. The highest BCUT2D eigenvalue weighted by atomic mass is 35.5. The number of rotatable bonds is 8. The lowest BCUT2D eigenvalue weighted by Crippen LogP contribution is -2.10. The Morgan fingerprint density at radius 1 is 0.907 bits per heavy atom. The molecule has 43 heavy (non-hydrogen) atoms. The molecule has 0 radical (unpaired) electrons. The van der Waals surface area contributed by atoms with E-state index in [2.05, 4.69) is 42.6 Å². The van der Waals surface area contributed by atoms with Crippen LogP contribution in [-0.4, -0.2) is 19.4 Å². The van der Waals surface area contributed by atoms with Crippen LogP contribution in [0.15, 0.2) is 66.7 Å². The second-order valence-electron chi connectivity index (χ2n) is 10.4. The molecule has 0 saturated heterocycles. The van der Waals surface area contributed by atoms with Crippen molar-refractivity contribution in [3.8, 4) is 17.2 Å². The minimum atomic E-state index is -1.69. The molecule has 0 aliphatic rings. The third kappa shape index (κ3) is 8.38. The van der Waals surface area contributed by atoms with Crippen LogP contribution >= 0.6 is 35.2 Å². The first kappa shape index (κ1) is 32.5. The van der Waals surface area contributed by atoms with Gasteiger partial charge in [-0.3, -0.25) is 4.72 Å². The van der Waals surface area contributed by atoms with Gasteiger partial charge in [0.2, 0.25) is 0 Å². The molecule has 0 fully saturated rings. The molecule has 0 aliphatic heterocycles. The number of benzene rings is 4. The first-order valence-corrected chi connectivity index (χ1v) is 16.5. The lowest BCUT2D eigenvalue weighted by Gasteiger charge is -2.23. The van der Waals surface area contributed by atoms with Crippen LogP contribution in [0.5, 0.6) is 17.2 Å². The van der Waals surface area contributed by atoms with Gasteiger partial charge < -0.3 is 19.4 Å². The summed E-state index contributed by atoms with van der Waals surface area (Å²) in [5, 5.41) is 20.4. The average molecular weight is 655 g/mol. The first-order valence-electron chi connectivity index (χ1n) is 13.8. The van der Waals surface area contributed by atoms with Crippen molar-refractivity contribution >= 4 is 62.3 Å². The number of phenolic OH excluding ortho intramolecular Hbond substituents is 2. The van der Waals surface area contributed by atoms with Crippen molar-refractivity contribution in [2.75, 3.05) is 4.72 Å². The standard InChI is InChI=1S/C20H26O2.C13H9ClN2O2S3/c1-6-7-16(17-8-14(4)19(21)10-12(17)2)18-9-15(5)20(22)11-13(18)3;14-8-1-3-9(4-2-8)16-21(17)18-10-5-6-12-11(7-10)15-13(19)20-12/h8-11,16,21-22H,6-7H2,1-5H3;1-7,16H,(H,15,19). The van der Waals surface area contributed by atoms with Gasteiger partial charge in [-0.15, -0.1) is 11.3 Å². The van der Waals surface area contributed by atoms with Crippen LogP contribution in [-0.2, 0) is 11.3 Å². The summed E-state index contributed by atoms with van der Waals surface area (Å²) in [7, 11) is 0. The van der Waals surface area contributed by atoms with E-state index in [4.69, 9.17) is 28.0 Å². The molecule has 5 aromatic rings. The van der Waals surface area contributed by atoms with Crippen molar-refractivity contribution in [2.24, 2.45) is 0 Å². The van der Waals surface area contributed by atoms with Gasteiger partial charge in [-0.05, 0) is 128 Å². The minimum absolute atomic E-state index is 0.295. The lowest BCUT2D eigenvalue weighted by molar-refractivity contribution is 0.469. The fourth-order valence-electron chi connectivity index (χ4n) is 4.87. The lowest BCUT2D eigenvalue weighted by atomic mass is 9.82. The summed E-state index contributed by atoms with van der Waals surface area (Å²) in [6.45, 7) is 10.2. The number of aromatic amines is 1. The summed E-state index contributed by atoms with van der Waals surface area (Å²) in [5.74, 6) is 1.50. The molecule has 0 saturated carbocycles. The molecular weight excluding hydrogens is 620 g/mol. The number of hydrogen-bond donors (Lipinski definition) is 4. The third-order valence-corrected chi connectivity index (χ3v) is 9.32. The molecule has 10 heteroatoms. The van der Waals surface area contributed by atoms with Crippen LogP contribution in [0.4, 0.5) is 5.69 Å².